The third-order valence-corrected chi connectivity index (χ3v) is 13.7. The molecule has 224 valence electrons. The van der Waals surface area contributed by atoms with E-state index in [1.54, 1.807) is 12.1 Å². The number of piperidine rings is 1. The molecule has 5 heterocycles. The first-order chi connectivity index (χ1) is 19.1. The molecule has 5 aliphatic rings. The number of epoxide rings is 1. The number of likely N-dealkylation sites (N-methyl/N-ethyl adjacent to an activating group) is 1. The molecule has 2 aromatic rings. The van der Waals surface area contributed by atoms with Crippen LogP contribution in [0.1, 0.15) is 55.7 Å². The molecule has 6 atom stereocenters. The van der Waals surface area contributed by atoms with E-state index in [0.717, 1.165) is 23.7 Å². The molecule has 9 nitrogen and oxygen atoms in total. The maximum Gasteiger partial charge on any atom is 0.349 e. The summed E-state index contributed by atoms with van der Waals surface area (Å²) in [5.41, 5.74) is -2.94. The largest absolute Gasteiger partial charge is 0.748 e. The van der Waals surface area contributed by atoms with Crippen molar-refractivity contribution in [2.75, 3.05) is 19.8 Å². The second-order valence-electron chi connectivity index (χ2n) is 13.4. The lowest BCUT2D eigenvalue weighted by atomic mass is 9.70. The van der Waals surface area contributed by atoms with Crippen LogP contribution in [0, 0.1) is 16.7 Å². The van der Waals surface area contributed by atoms with Crippen molar-refractivity contribution in [1.29, 1.82) is 0 Å². The van der Waals surface area contributed by atoms with Crippen molar-refractivity contribution in [1.82, 2.24) is 0 Å². The topological polar surface area (TPSA) is 133 Å². The van der Waals surface area contributed by atoms with Crippen molar-refractivity contribution in [3.05, 3.63) is 44.8 Å². The van der Waals surface area contributed by atoms with Gasteiger partial charge in [0, 0.05) is 24.7 Å². The standard InChI is InChI=1S/C19H22NO4S2.C10H16O4S/c1-20(2)12-9-11(10-13(20)17-16(12)24-17)23-18(21)19(22,14-5-3-7-25-14)15-6-4-8-26-15;1-9(2)7-3-4-10(9,8(11)5-7)6-15(12,13)14/h3-8,11-13,16-17,22H,9-10H2,1-2H3;7H,3-6H2,1-2H3,(H,12,13,14)/q+1;/p-1/t;7-,10?/m.0/s1. The predicted octanol–water partition coefficient (Wildman–Crippen LogP) is 3.27. The van der Waals surface area contributed by atoms with Gasteiger partial charge in [0.1, 0.15) is 36.2 Å². The first-order valence-corrected chi connectivity index (χ1v) is 17.4. The zero-order valence-electron chi connectivity index (χ0n) is 23.6. The highest BCUT2D eigenvalue weighted by molar-refractivity contribution is 7.85. The van der Waals surface area contributed by atoms with Crippen LogP contribution in [0.25, 0.3) is 0 Å². The fraction of sp³-hybridized carbons (Fsp3) is 0.655. The van der Waals surface area contributed by atoms with Crippen LogP contribution in [0.4, 0.5) is 0 Å². The number of hydrogen-bond donors (Lipinski definition) is 1. The quantitative estimate of drug-likeness (QED) is 0.224. The van der Waals surface area contributed by atoms with E-state index >= 15 is 0 Å². The van der Waals surface area contributed by atoms with Gasteiger partial charge in [-0.15, -0.1) is 22.7 Å². The Morgan fingerprint density at radius 2 is 1.71 bits per heavy atom. The zero-order valence-corrected chi connectivity index (χ0v) is 26.1. The molecule has 2 saturated carbocycles. The molecule has 5 unspecified atom stereocenters. The van der Waals surface area contributed by atoms with Gasteiger partial charge in [0.15, 0.2) is 0 Å². The molecule has 1 N–H and O–H groups in total. The molecule has 2 aromatic heterocycles. The highest BCUT2D eigenvalue weighted by atomic mass is 32.2. The molecule has 0 amide bonds. The normalized spacial score (nSPS) is 35.9. The Morgan fingerprint density at radius 3 is 2.12 bits per heavy atom. The monoisotopic (exact) mass is 623 g/mol. The van der Waals surface area contributed by atoms with Crippen LogP contribution in [0.15, 0.2) is 35.0 Å². The Bertz CT molecular complexity index is 1380. The highest BCUT2D eigenvalue weighted by Gasteiger charge is 2.71. The predicted molar refractivity (Wildman–Crippen MR) is 152 cm³/mol. The van der Waals surface area contributed by atoms with Gasteiger partial charge in [-0.1, -0.05) is 26.0 Å². The molecule has 5 fully saturated rings. The van der Waals surface area contributed by atoms with Crippen LogP contribution < -0.4 is 0 Å². The summed E-state index contributed by atoms with van der Waals surface area (Å²) >= 11 is 2.74. The number of esters is 1. The smallest absolute Gasteiger partial charge is 0.349 e. The summed E-state index contributed by atoms with van der Waals surface area (Å²) in [6.45, 7) is 3.83. The number of rotatable bonds is 6. The average Bonchev–Trinajstić information content (AvgIpc) is 3.25. The van der Waals surface area contributed by atoms with Crippen LogP contribution in [-0.4, -0.2) is 84.6 Å². The average molecular weight is 624 g/mol. The van der Waals surface area contributed by atoms with Crippen LogP contribution in [0.3, 0.4) is 0 Å². The number of ketones is 1. The molecule has 0 radical (unpaired) electrons. The summed E-state index contributed by atoms with van der Waals surface area (Å²) in [4.78, 5) is 26.2. The summed E-state index contributed by atoms with van der Waals surface area (Å²) in [7, 11) is 0.167. The van der Waals surface area contributed by atoms with Crippen LogP contribution in [0.5, 0.6) is 0 Å². The van der Waals surface area contributed by atoms with Crippen molar-refractivity contribution >= 4 is 44.5 Å². The number of morpholine rings is 1. The molecule has 7 rings (SSSR count). The molecule has 3 aliphatic heterocycles. The van der Waals surface area contributed by atoms with Crippen molar-refractivity contribution in [2.45, 2.75) is 81.9 Å². The lowest BCUT2D eigenvalue weighted by Gasteiger charge is -2.45. The summed E-state index contributed by atoms with van der Waals surface area (Å²) in [5.74, 6) is -0.842. The fourth-order valence-electron chi connectivity index (χ4n) is 8.24. The number of ether oxygens (including phenoxy) is 2. The summed E-state index contributed by atoms with van der Waals surface area (Å²) in [5, 5.41) is 15.1. The third kappa shape index (κ3) is 4.56. The van der Waals surface area contributed by atoms with Crippen molar-refractivity contribution < 1.29 is 41.6 Å². The number of carbonyl (C=O) groups excluding carboxylic acids is 2. The summed E-state index contributed by atoms with van der Waals surface area (Å²) in [6, 6.07) is 8.01. The number of Topliss-reactive ketones (excluding diaryl/α,β-unsaturated/α-hetero) is 1. The van der Waals surface area contributed by atoms with Crippen molar-refractivity contribution in [2.24, 2.45) is 16.7 Å². The number of quaternary nitrogens is 1. The van der Waals surface area contributed by atoms with Crippen molar-refractivity contribution in [3.8, 4) is 0 Å². The van der Waals surface area contributed by atoms with Gasteiger partial charge in [0.05, 0.1) is 39.7 Å². The Morgan fingerprint density at radius 1 is 1.15 bits per heavy atom. The van der Waals surface area contributed by atoms with Gasteiger partial charge in [-0.2, -0.15) is 0 Å². The first-order valence-electron chi connectivity index (χ1n) is 14.1. The van der Waals surface area contributed by atoms with E-state index in [1.807, 2.05) is 36.7 Å². The van der Waals surface area contributed by atoms with E-state index in [0.29, 0.717) is 46.9 Å². The first kappa shape index (κ1) is 29.4. The minimum absolute atomic E-state index is 0.0248. The van der Waals surface area contributed by atoms with Gasteiger partial charge >= 0.3 is 5.97 Å². The SMILES string of the molecule is CC1(C)[C@H]2CCC1(CS(=O)(=O)[O-])C(=O)C2.C[N+]1(C)C2CC(OC(=O)C(O)(c3cccs3)c3cccs3)CC1C1OC12. The van der Waals surface area contributed by atoms with Gasteiger partial charge in [0.2, 0.25) is 5.60 Å². The minimum Gasteiger partial charge on any atom is -0.748 e. The maximum atomic E-state index is 13.1. The highest BCUT2D eigenvalue weighted by Crippen LogP contribution is 2.64. The van der Waals surface area contributed by atoms with E-state index in [9.17, 15) is 27.7 Å². The number of hydrogen-bond acceptors (Lipinski definition) is 10. The lowest BCUT2D eigenvalue weighted by Crippen LogP contribution is -2.60. The molecule has 2 aliphatic carbocycles. The maximum absolute atomic E-state index is 13.1. The van der Waals surface area contributed by atoms with Gasteiger partial charge in [-0.25, -0.2) is 13.2 Å². The van der Waals surface area contributed by atoms with E-state index in [-0.39, 0.29) is 23.2 Å². The molecular formula is C29H37NO8S3. The van der Waals surface area contributed by atoms with Gasteiger partial charge in [0.25, 0.3) is 0 Å². The van der Waals surface area contributed by atoms with E-state index in [1.165, 1.54) is 22.7 Å². The van der Waals surface area contributed by atoms with Crippen LogP contribution in [-0.2, 0) is 34.8 Å². The Balaban J connectivity index is 0.000000172. The Labute approximate surface area is 248 Å². The number of fused-ring (bicyclic) bond motifs is 7. The molecule has 3 saturated heterocycles. The number of carbonyl (C=O) groups is 2. The second-order valence-corrected chi connectivity index (χ2v) is 16.7. The molecule has 41 heavy (non-hydrogen) atoms. The molecule has 4 bridgehead atoms. The van der Waals surface area contributed by atoms with Gasteiger partial charge in [-0.05, 0) is 47.1 Å². The van der Waals surface area contributed by atoms with Crippen LogP contribution in [0.2, 0.25) is 0 Å². The third-order valence-electron chi connectivity index (χ3n) is 10.9. The summed E-state index contributed by atoms with van der Waals surface area (Å²) in [6.07, 6.45) is 3.93. The van der Waals surface area contributed by atoms with Crippen molar-refractivity contribution in [3.63, 3.8) is 0 Å². The van der Waals surface area contributed by atoms with E-state index < -0.39 is 32.9 Å². The minimum atomic E-state index is -4.33. The van der Waals surface area contributed by atoms with E-state index in [4.69, 9.17) is 9.47 Å². The zero-order chi connectivity index (χ0) is 29.6. The molecule has 12 heteroatoms. The van der Waals surface area contributed by atoms with Gasteiger partial charge < -0.3 is 23.6 Å². The lowest BCUT2D eigenvalue weighted by molar-refractivity contribution is -0.938. The number of aliphatic hydroxyl groups is 1. The van der Waals surface area contributed by atoms with E-state index in [2.05, 4.69) is 14.1 Å². The second kappa shape index (κ2) is 9.67. The molecule has 0 spiro atoms. The van der Waals surface area contributed by atoms with Crippen LogP contribution >= 0.6 is 22.7 Å². The Hall–Kier alpha value is -1.67. The molecular weight excluding hydrogens is 587 g/mol. The number of nitrogens with zero attached hydrogens (tertiary/aromatic N) is 1. The fourth-order valence-corrected chi connectivity index (χ4v) is 11.2. The summed E-state index contributed by atoms with van der Waals surface area (Å²) < 4.78 is 45.3. The van der Waals surface area contributed by atoms with Gasteiger partial charge in [-0.3, -0.25) is 4.79 Å². The Kier molecular flexibility index (Phi) is 6.93. The molecule has 0 aromatic carbocycles. The number of thiophene rings is 2.